The summed E-state index contributed by atoms with van der Waals surface area (Å²) in [5.41, 5.74) is 3.06. The van der Waals surface area contributed by atoms with Gasteiger partial charge in [-0.15, -0.1) is 0 Å². The van der Waals surface area contributed by atoms with E-state index in [1.54, 1.807) is 0 Å². The van der Waals surface area contributed by atoms with Crippen molar-refractivity contribution in [3.63, 3.8) is 0 Å². The normalized spacial score (nSPS) is 21.6. The van der Waals surface area contributed by atoms with Crippen LogP contribution in [0.4, 0.5) is 0 Å². The quantitative estimate of drug-likeness (QED) is 0.794. The Bertz CT molecular complexity index is 408. The van der Waals surface area contributed by atoms with Gasteiger partial charge >= 0.3 is 0 Å². The number of fused-ring (bicyclic) bond motifs is 1. The van der Waals surface area contributed by atoms with Crippen LogP contribution < -0.4 is 4.74 Å². The molecule has 0 atom stereocenters. The zero-order chi connectivity index (χ0) is 12.4. The first-order valence-electron chi connectivity index (χ1n) is 7.28. The lowest BCUT2D eigenvalue weighted by atomic mass is 9.92. The maximum Gasteiger partial charge on any atom is 0.120 e. The van der Waals surface area contributed by atoms with E-state index < -0.39 is 0 Å². The van der Waals surface area contributed by atoms with Crippen LogP contribution in [0.1, 0.15) is 36.8 Å². The number of rotatable bonds is 2. The molecule has 1 aliphatic carbocycles. The van der Waals surface area contributed by atoms with Crippen LogP contribution in [0.15, 0.2) is 18.2 Å². The van der Waals surface area contributed by atoms with Gasteiger partial charge in [0.25, 0.3) is 0 Å². The lowest BCUT2D eigenvalue weighted by molar-refractivity contribution is 0.114. The van der Waals surface area contributed by atoms with Crippen LogP contribution in [0, 0.1) is 0 Å². The van der Waals surface area contributed by atoms with Crippen molar-refractivity contribution < 1.29 is 4.74 Å². The van der Waals surface area contributed by atoms with Crippen molar-refractivity contribution in [2.45, 2.75) is 44.6 Å². The number of hydrogen-bond acceptors (Lipinski definition) is 2. The number of benzene rings is 1. The minimum absolute atomic E-state index is 0.419. The van der Waals surface area contributed by atoms with Crippen molar-refractivity contribution >= 4 is 0 Å². The number of hydrogen-bond donors (Lipinski definition) is 0. The largest absolute Gasteiger partial charge is 0.490 e. The molecule has 1 aliphatic heterocycles. The first-order chi connectivity index (χ1) is 8.81. The monoisotopic (exact) mass is 245 g/mol. The smallest absolute Gasteiger partial charge is 0.120 e. The van der Waals surface area contributed by atoms with Crippen molar-refractivity contribution in [1.29, 1.82) is 0 Å². The summed E-state index contributed by atoms with van der Waals surface area (Å²) in [5, 5.41) is 0. The van der Waals surface area contributed by atoms with Crippen LogP contribution in [0.2, 0.25) is 0 Å². The van der Waals surface area contributed by atoms with E-state index in [4.69, 9.17) is 4.74 Å². The van der Waals surface area contributed by atoms with E-state index in [2.05, 4.69) is 30.1 Å². The van der Waals surface area contributed by atoms with Crippen LogP contribution in [0.5, 0.6) is 5.75 Å². The Hall–Kier alpha value is -1.02. The average Bonchev–Trinajstić information content (AvgIpc) is 2.41. The lowest BCUT2D eigenvalue weighted by Gasteiger charge is -2.29. The first-order valence-corrected chi connectivity index (χ1v) is 7.28. The van der Waals surface area contributed by atoms with Gasteiger partial charge in [-0.05, 0) is 68.8 Å². The first kappa shape index (κ1) is 12.0. The van der Waals surface area contributed by atoms with E-state index in [9.17, 15) is 0 Å². The minimum atomic E-state index is 0.419. The second kappa shape index (κ2) is 5.31. The molecule has 2 heteroatoms. The molecule has 2 aliphatic rings. The van der Waals surface area contributed by atoms with E-state index in [0.29, 0.717) is 6.10 Å². The molecule has 1 aromatic carbocycles. The Labute approximate surface area is 110 Å². The molecule has 2 nitrogen and oxygen atoms in total. The highest BCUT2D eigenvalue weighted by Crippen LogP contribution is 2.27. The summed E-state index contributed by atoms with van der Waals surface area (Å²) in [6, 6.07) is 6.73. The summed E-state index contributed by atoms with van der Waals surface area (Å²) in [4.78, 5) is 2.38. The van der Waals surface area contributed by atoms with Gasteiger partial charge in [0.15, 0.2) is 0 Å². The van der Waals surface area contributed by atoms with Gasteiger partial charge in [0.05, 0.1) is 0 Å². The van der Waals surface area contributed by atoms with E-state index in [1.807, 2.05) is 0 Å². The molecule has 1 fully saturated rings. The highest BCUT2D eigenvalue weighted by atomic mass is 16.5. The van der Waals surface area contributed by atoms with Crippen LogP contribution in [-0.4, -0.2) is 31.1 Å². The molecule has 1 saturated heterocycles. The molecule has 18 heavy (non-hydrogen) atoms. The Morgan fingerprint density at radius 1 is 1.06 bits per heavy atom. The molecule has 0 saturated carbocycles. The third-order valence-electron chi connectivity index (χ3n) is 4.29. The van der Waals surface area contributed by atoms with Gasteiger partial charge < -0.3 is 9.64 Å². The predicted molar refractivity (Wildman–Crippen MR) is 74.2 cm³/mol. The van der Waals surface area contributed by atoms with Crippen LogP contribution in [-0.2, 0) is 12.8 Å². The number of nitrogens with zero attached hydrogens (tertiary/aromatic N) is 1. The molecular weight excluding hydrogens is 222 g/mol. The molecule has 0 bridgehead atoms. The molecule has 1 aromatic rings. The molecule has 0 aromatic heterocycles. The number of likely N-dealkylation sites (tertiary alicyclic amines) is 1. The van der Waals surface area contributed by atoms with Crippen molar-refractivity contribution in [2.24, 2.45) is 0 Å². The maximum atomic E-state index is 6.14. The zero-order valence-electron chi connectivity index (χ0n) is 11.3. The van der Waals surface area contributed by atoms with Gasteiger partial charge in [0, 0.05) is 13.1 Å². The Morgan fingerprint density at radius 2 is 1.78 bits per heavy atom. The van der Waals surface area contributed by atoms with E-state index in [1.165, 1.54) is 36.8 Å². The standard InChI is InChI=1S/C16H23NO/c1-17-10-8-15(9-11-17)18-16-7-6-13-4-2-3-5-14(13)12-16/h6-7,12,15H,2-5,8-11H2,1H3. The Balaban J connectivity index is 1.66. The number of aryl methyl sites for hydroxylation is 2. The van der Waals surface area contributed by atoms with E-state index >= 15 is 0 Å². The fourth-order valence-corrected chi connectivity index (χ4v) is 3.08. The van der Waals surface area contributed by atoms with Crippen molar-refractivity contribution in [1.82, 2.24) is 4.90 Å². The summed E-state index contributed by atoms with van der Waals surface area (Å²) in [6.07, 6.45) is 7.92. The molecule has 98 valence electrons. The van der Waals surface area contributed by atoms with Gasteiger partial charge in [-0.2, -0.15) is 0 Å². The van der Waals surface area contributed by atoms with Gasteiger partial charge in [-0.1, -0.05) is 6.07 Å². The molecule has 0 N–H and O–H groups in total. The van der Waals surface area contributed by atoms with Gasteiger partial charge in [0.1, 0.15) is 11.9 Å². The van der Waals surface area contributed by atoms with Crippen molar-refractivity contribution in [3.8, 4) is 5.75 Å². The molecular formula is C16H23NO. The molecule has 3 rings (SSSR count). The van der Waals surface area contributed by atoms with Crippen LogP contribution in [0.25, 0.3) is 0 Å². The van der Waals surface area contributed by atoms with Crippen LogP contribution >= 0.6 is 0 Å². The predicted octanol–water partition coefficient (Wildman–Crippen LogP) is 3.04. The topological polar surface area (TPSA) is 12.5 Å². The third-order valence-corrected chi connectivity index (χ3v) is 4.29. The zero-order valence-corrected chi connectivity index (χ0v) is 11.3. The van der Waals surface area contributed by atoms with Crippen molar-refractivity contribution in [3.05, 3.63) is 29.3 Å². The molecule has 1 heterocycles. The summed E-state index contributed by atoms with van der Waals surface area (Å²) >= 11 is 0. The molecule has 0 radical (unpaired) electrons. The number of piperidine rings is 1. The van der Waals surface area contributed by atoms with Gasteiger partial charge in [0.2, 0.25) is 0 Å². The summed E-state index contributed by atoms with van der Waals surface area (Å²) < 4.78 is 6.14. The molecule has 0 amide bonds. The Kier molecular flexibility index (Phi) is 3.55. The average molecular weight is 245 g/mol. The second-order valence-electron chi connectivity index (χ2n) is 5.76. The minimum Gasteiger partial charge on any atom is -0.490 e. The summed E-state index contributed by atoms with van der Waals surface area (Å²) in [5.74, 6) is 1.09. The lowest BCUT2D eigenvalue weighted by Crippen LogP contribution is -2.35. The van der Waals surface area contributed by atoms with Gasteiger partial charge in [-0.25, -0.2) is 0 Å². The van der Waals surface area contributed by atoms with Crippen molar-refractivity contribution in [2.75, 3.05) is 20.1 Å². The fourth-order valence-electron chi connectivity index (χ4n) is 3.08. The Morgan fingerprint density at radius 3 is 2.56 bits per heavy atom. The molecule has 0 spiro atoms. The summed E-state index contributed by atoms with van der Waals surface area (Å²) in [7, 11) is 2.19. The fraction of sp³-hybridized carbons (Fsp3) is 0.625. The van der Waals surface area contributed by atoms with Crippen LogP contribution in [0.3, 0.4) is 0 Å². The second-order valence-corrected chi connectivity index (χ2v) is 5.76. The third kappa shape index (κ3) is 2.69. The molecule has 0 unspecified atom stereocenters. The number of ether oxygens (including phenoxy) is 1. The SMILES string of the molecule is CN1CCC(Oc2ccc3c(c2)CCCC3)CC1. The highest BCUT2D eigenvalue weighted by Gasteiger charge is 2.18. The summed E-state index contributed by atoms with van der Waals surface area (Å²) in [6.45, 7) is 2.32. The highest BCUT2D eigenvalue weighted by molar-refractivity contribution is 5.37. The van der Waals surface area contributed by atoms with E-state index in [0.717, 1.165) is 31.7 Å². The van der Waals surface area contributed by atoms with Gasteiger partial charge in [-0.3, -0.25) is 0 Å². The van der Waals surface area contributed by atoms with E-state index in [-0.39, 0.29) is 0 Å². The maximum absolute atomic E-state index is 6.14.